The van der Waals surface area contributed by atoms with Crippen molar-refractivity contribution in [1.29, 1.82) is 0 Å². The van der Waals surface area contributed by atoms with Crippen molar-refractivity contribution < 1.29 is 19.1 Å². The molecule has 0 radical (unpaired) electrons. The molecule has 0 saturated carbocycles. The first-order chi connectivity index (χ1) is 16.0. The summed E-state index contributed by atoms with van der Waals surface area (Å²) < 4.78 is 5.03. The van der Waals surface area contributed by atoms with Crippen molar-refractivity contribution in [2.24, 2.45) is 5.92 Å². The molecule has 1 aromatic carbocycles. The number of thiophene rings is 1. The Morgan fingerprint density at radius 2 is 2.00 bits per heavy atom. The highest BCUT2D eigenvalue weighted by atomic mass is 35.5. The number of ether oxygens (including phenoxy) is 1. The predicted octanol–water partition coefficient (Wildman–Crippen LogP) is 3.60. The summed E-state index contributed by atoms with van der Waals surface area (Å²) in [6.07, 6.45) is 1.89. The Morgan fingerprint density at radius 3 is 2.67 bits per heavy atom. The minimum Gasteiger partial charge on any atom is -0.385 e. The fourth-order valence-electron chi connectivity index (χ4n) is 3.76. The van der Waals surface area contributed by atoms with E-state index < -0.39 is 6.04 Å². The lowest BCUT2D eigenvalue weighted by Crippen LogP contribution is -2.54. The molecule has 0 unspecified atom stereocenters. The summed E-state index contributed by atoms with van der Waals surface area (Å²) in [5.74, 6) is -0.549. The van der Waals surface area contributed by atoms with Crippen LogP contribution in [0.4, 0.5) is 10.5 Å². The van der Waals surface area contributed by atoms with Crippen LogP contribution in [0.5, 0.6) is 0 Å². The summed E-state index contributed by atoms with van der Waals surface area (Å²) in [7, 11) is 1.61. The Balaban J connectivity index is 1.59. The van der Waals surface area contributed by atoms with Crippen LogP contribution < -0.4 is 16.0 Å². The van der Waals surface area contributed by atoms with Gasteiger partial charge < -0.3 is 25.6 Å². The number of likely N-dealkylation sites (tertiary alicyclic amines) is 1. The van der Waals surface area contributed by atoms with Gasteiger partial charge in [0.05, 0.1) is 4.88 Å². The lowest BCUT2D eigenvalue weighted by atomic mass is 9.88. The second-order valence-electron chi connectivity index (χ2n) is 7.83. The minimum atomic E-state index is -0.666. The quantitative estimate of drug-likeness (QED) is 0.466. The molecule has 33 heavy (non-hydrogen) atoms. The summed E-state index contributed by atoms with van der Waals surface area (Å²) in [6.45, 7) is 1.99. The van der Waals surface area contributed by atoms with E-state index in [1.54, 1.807) is 48.4 Å². The monoisotopic (exact) mass is 492 g/mol. The molecule has 3 rings (SSSR count). The molecular formula is C23H29ClN4O4S. The Labute approximate surface area is 202 Å². The van der Waals surface area contributed by atoms with Crippen LogP contribution in [-0.2, 0) is 9.53 Å². The third-order valence-corrected chi connectivity index (χ3v) is 6.62. The second-order valence-corrected chi connectivity index (χ2v) is 9.21. The summed E-state index contributed by atoms with van der Waals surface area (Å²) in [5.41, 5.74) is 0.631. The smallest absolute Gasteiger partial charge is 0.321 e. The SMILES string of the molecule is COCCCNC(=O)[C@@H](NC(=O)c1cccs1)C1CCN(C(=O)Nc2cccc(Cl)c2)CC1. The number of amides is 4. The molecule has 2 heterocycles. The molecule has 0 bridgehead atoms. The number of rotatable bonds is 9. The van der Waals surface area contributed by atoms with Crippen LogP contribution >= 0.6 is 22.9 Å². The number of nitrogens with zero attached hydrogens (tertiary/aromatic N) is 1. The van der Waals surface area contributed by atoms with Gasteiger partial charge in [0, 0.05) is 44.1 Å². The maximum absolute atomic E-state index is 12.9. The fraction of sp³-hybridized carbons (Fsp3) is 0.435. The fourth-order valence-corrected chi connectivity index (χ4v) is 4.58. The average Bonchev–Trinajstić information content (AvgIpc) is 3.35. The zero-order chi connectivity index (χ0) is 23.6. The van der Waals surface area contributed by atoms with Gasteiger partial charge in [-0.05, 0) is 54.8 Å². The molecule has 0 aliphatic carbocycles. The van der Waals surface area contributed by atoms with Gasteiger partial charge in [-0.1, -0.05) is 23.7 Å². The topological polar surface area (TPSA) is 99.8 Å². The van der Waals surface area contributed by atoms with Gasteiger partial charge in [-0.25, -0.2) is 4.79 Å². The molecule has 1 fully saturated rings. The molecule has 0 spiro atoms. The highest BCUT2D eigenvalue weighted by Crippen LogP contribution is 2.23. The first kappa shape index (κ1) is 25.0. The van der Waals surface area contributed by atoms with Gasteiger partial charge in [-0.2, -0.15) is 0 Å². The zero-order valence-electron chi connectivity index (χ0n) is 18.5. The maximum Gasteiger partial charge on any atom is 0.321 e. The first-order valence-corrected chi connectivity index (χ1v) is 12.2. The largest absolute Gasteiger partial charge is 0.385 e. The van der Waals surface area contributed by atoms with Crippen LogP contribution in [0.1, 0.15) is 28.9 Å². The summed E-state index contributed by atoms with van der Waals surface area (Å²) in [6, 6.07) is 9.65. The van der Waals surface area contributed by atoms with Gasteiger partial charge >= 0.3 is 6.03 Å². The van der Waals surface area contributed by atoms with Gasteiger partial charge in [0.25, 0.3) is 5.91 Å². The standard InChI is InChI=1S/C23H29ClN4O4S/c1-32-13-4-10-25-22(30)20(27-21(29)19-7-3-14-33-19)16-8-11-28(12-9-16)23(31)26-18-6-2-5-17(24)15-18/h2-3,5-7,14-16,20H,4,8-13H2,1H3,(H,25,30)(H,26,31)(H,27,29)/t20-/m0/s1. The van der Waals surface area contributed by atoms with Crippen LogP contribution in [0.25, 0.3) is 0 Å². The van der Waals surface area contributed by atoms with E-state index in [1.165, 1.54) is 11.3 Å². The van der Waals surface area contributed by atoms with Crippen LogP contribution in [0.2, 0.25) is 5.02 Å². The molecule has 4 amide bonds. The van der Waals surface area contributed by atoms with Crippen molar-refractivity contribution in [2.45, 2.75) is 25.3 Å². The summed E-state index contributed by atoms with van der Waals surface area (Å²) in [4.78, 5) is 40.5. The molecule has 1 aliphatic heterocycles. The number of nitrogens with one attached hydrogen (secondary N) is 3. The van der Waals surface area contributed by atoms with E-state index in [9.17, 15) is 14.4 Å². The van der Waals surface area contributed by atoms with Gasteiger partial charge in [0.1, 0.15) is 6.04 Å². The Bertz CT molecular complexity index is 932. The van der Waals surface area contributed by atoms with E-state index >= 15 is 0 Å². The zero-order valence-corrected chi connectivity index (χ0v) is 20.1. The lowest BCUT2D eigenvalue weighted by Gasteiger charge is -2.35. The highest BCUT2D eigenvalue weighted by molar-refractivity contribution is 7.12. The molecule has 1 atom stereocenters. The molecule has 1 aliphatic rings. The van der Waals surface area contributed by atoms with Crippen molar-refractivity contribution in [3.8, 4) is 0 Å². The van der Waals surface area contributed by atoms with E-state index in [1.807, 2.05) is 5.38 Å². The molecule has 10 heteroatoms. The van der Waals surface area contributed by atoms with E-state index in [0.717, 1.165) is 0 Å². The number of piperidine rings is 1. The van der Waals surface area contributed by atoms with Crippen molar-refractivity contribution in [3.63, 3.8) is 0 Å². The molecule has 1 saturated heterocycles. The number of benzene rings is 1. The van der Waals surface area contributed by atoms with Crippen LogP contribution in [0.3, 0.4) is 0 Å². The third kappa shape index (κ3) is 7.45. The first-order valence-electron chi connectivity index (χ1n) is 10.9. The molecule has 178 valence electrons. The van der Waals surface area contributed by atoms with Crippen LogP contribution in [0.15, 0.2) is 41.8 Å². The van der Waals surface area contributed by atoms with Crippen molar-refractivity contribution >= 4 is 46.5 Å². The minimum absolute atomic E-state index is 0.0773. The Kier molecular flexibility index (Phi) is 9.53. The molecule has 1 aromatic heterocycles. The number of carbonyl (C=O) groups is 3. The van der Waals surface area contributed by atoms with Crippen molar-refractivity contribution in [2.75, 3.05) is 38.7 Å². The van der Waals surface area contributed by atoms with Crippen LogP contribution in [-0.4, -0.2) is 62.1 Å². The number of anilines is 1. The summed E-state index contributed by atoms with van der Waals surface area (Å²) in [5, 5.41) is 11.0. The second kappa shape index (κ2) is 12.6. The maximum atomic E-state index is 12.9. The van der Waals surface area contributed by atoms with Gasteiger partial charge in [-0.15, -0.1) is 11.3 Å². The van der Waals surface area contributed by atoms with E-state index in [4.69, 9.17) is 16.3 Å². The average molecular weight is 493 g/mol. The van der Waals surface area contributed by atoms with Gasteiger partial charge in [0.2, 0.25) is 5.91 Å². The molecule has 2 aromatic rings. The Hall–Kier alpha value is -2.62. The number of methoxy groups -OCH3 is 1. The lowest BCUT2D eigenvalue weighted by molar-refractivity contribution is -0.124. The Morgan fingerprint density at radius 1 is 1.21 bits per heavy atom. The highest BCUT2D eigenvalue weighted by Gasteiger charge is 2.34. The van der Waals surface area contributed by atoms with Crippen molar-refractivity contribution in [1.82, 2.24) is 15.5 Å². The number of hydrogen-bond acceptors (Lipinski definition) is 5. The summed E-state index contributed by atoms with van der Waals surface area (Å²) >= 11 is 7.32. The third-order valence-electron chi connectivity index (χ3n) is 5.51. The number of halogens is 1. The van der Waals surface area contributed by atoms with E-state index in [-0.39, 0.29) is 23.8 Å². The van der Waals surface area contributed by atoms with E-state index in [0.29, 0.717) is 61.1 Å². The van der Waals surface area contributed by atoms with E-state index in [2.05, 4.69) is 16.0 Å². The number of urea groups is 1. The molecule has 8 nitrogen and oxygen atoms in total. The van der Waals surface area contributed by atoms with Crippen LogP contribution in [0, 0.1) is 5.92 Å². The van der Waals surface area contributed by atoms with Gasteiger partial charge in [0.15, 0.2) is 0 Å². The predicted molar refractivity (Wildman–Crippen MR) is 130 cm³/mol. The normalized spacial score (nSPS) is 15.0. The number of hydrogen-bond donors (Lipinski definition) is 3. The molecular weight excluding hydrogens is 464 g/mol. The van der Waals surface area contributed by atoms with Crippen molar-refractivity contribution in [3.05, 3.63) is 51.7 Å². The number of carbonyl (C=O) groups excluding carboxylic acids is 3. The van der Waals surface area contributed by atoms with Gasteiger partial charge in [-0.3, -0.25) is 9.59 Å². The molecule has 3 N–H and O–H groups in total.